The van der Waals surface area contributed by atoms with Gasteiger partial charge in [-0.15, -0.1) is 0 Å². The quantitative estimate of drug-likeness (QED) is 0.508. The molecule has 0 amide bonds. The number of aliphatic hydroxyl groups is 1. The molecule has 0 aromatic heterocycles. The molecule has 9 heavy (non-hydrogen) atoms. The Bertz CT molecular complexity index is 151. The second-order valence-corrected chi connectivity index (χ2v) is 3.17. The maximum absolute atomic E-state index is 10.9. The first-order valence-corrected chi connectivity index (χ1v) is 3.48. The van der Waals surface area contributed by atoms with E-state index in [-0.39, 0.29) is 12.0 Å². The number of carbonyl (C=O) groups excluding carboxylic acids is 1. The molecule has 2 saturated carbocycles. The summed E-state index contributed by atoms with van der Waals surface area (Å²) in [5.74, 6) is 0.929. The van der Waals surface area contributed by atoms with Crippen LogP contribution in [0.3, 0.4) is 0 Å². The maximum atomic E-state index is 10.9. The fraction of sp³-hybridized carbons (Fsp3) is 0.857. The van der Waals surface area contributed by atoms with Crippen LogP contribution in [0, 0.1) is 11.8 Å². The van der Waals surface area contributed by atoms with Crippen LogP contribution in [-0.2, 0) is 4.79 Å². The zero-order valence-electron chi connectivity index (χ0n) is 5.21. The molecule has 2 bridgehead atoms. The monoisotopic (exact) mass is 126 g/mol. The highest BCUT2D eigenvalue weighted by molar-refractivity contribution is 5.84. The van der Waals surface area contributed by atoms with Crippen molar-refractivity contribution in [3.63, 3.8) is 0 Å². The van der Waals surface area contributed by atoms with E-state index in [1.807, 2.05) is 0 Å². The Kier molecular flexibility index (Phi) is 0.943. The molecule has 3 unspecified atom stereocenters. The summed E-state index contributed by atoms with van der Waals surface area (Å²) in [5.41, 5.74) is 0. The molecule has 2 rings (SSSR count). The van der Waals surface area contributed by atoms with E-state index in [4.69, 9.17) is 0 Å². The Morgan fingerprint density at radius 2 is 2.22 bits per heavy atom. The van der Waals surface area contributed by atoms with Gasteiger partial charge >= 0.3 is 0 Å². The molecule has 0 saturated heterocycles. The topological polar surface area (TPSA) is 37.3 Å². The van der Waals surface area contributed by atoms with Gasteiger partial charge in [-0.1, -0.05) is 0 Å². The average Bonchev–Trinajstić information content (AvgIpc) is 2.24. The lowest BCUT2D eigenvalue weighted by Gasteiger charge is -2.13. The number of hydrogen-bond acceptors (Lipinski definition) is 2. The van der Waals surface area contributed by atoms with E-state index < -0.39 is 0 Å². The van der Waals surface area contributed by atoms with Crippen LogP contribution < -0.4 is 0 Å². The van der Waals surface area contributed by atoms with Crippen molar-refractivity contribution >= 4 is 5.78 Å². The van der Waals surface area contributed by atoms with Crippen LogP contribution in [0.4, 0.5) is 0 Å². The van der Waals surface area contributed by atoms with Gasteiger partial charge in [0.05, 0.1) is 6.10 Å². The van der Waals surface area contributed by atoms with Gasteiger partial charge in [-0.05, 0) is 18.8 Å². The Morgan fingerprint density at radius 1 is 1.44 bits per heavy atom. The second kappa shape index (κ2) is 1.57. The Morgan fingerprint density at radius 3 is 2.56 bits per heavy atom. The normalized spacial score (nSPS) is 48.6. The van der Waals surface area contributed by atoms with Crippen LogP contribution in [0.15, 0.2) is 0 Å². The smallest absolute Gasteiger partial charge is 0.136 e. The molecule has 2 heteroatoms. The molecule has 2 nitrogen and oxygen atoms in total. The van der Waals surface area contributed by atoms with Crippen LogP contribution in [0.5, 0.6) is 0 Å². The number of aliphatic hydroxyl groups excluding tert-OH is 1. The van der Waals surface area contributed by atoms with Crippen molar-refractivity contribution in [2.24, 2.45) is 11.8 Å². The molecule has 0 aliphatic heterocycles. The largest absolute Gasteiger partial charge is 0.393 e. The molecule has 50 valence electrons. The van der Waals surface area contributed by atoms with Gasteiger partial charge in [-0.3, -0.25) is 4.79 Å². The number of carbonyl (C=O) groups is 1. The van der Waals surface area contributed by atoms with Gasteiger partial charge < -0.3 is 5.11 Å². The van der Waals surface area contributed by atoms with E-state index in [1.54, 1.807) is 0 Å². The standard InChI is InChI=1S/C7H10O2/c8-6-2-4-1-5(6)3-7(4)9/h4-6,8H,1-3H2. The van der Waals surface area contributed by atoms with E-state index >= 15 is 0 Å². The van der Waals surface area contributed by atoms with Gasteiger partial charge in [0.1, 0.15) is 5.78 Å². The van der Waals surface area contributed by atoms with Gasteiger partial charge in [-0.25, -0.2) is 0 Å². The second-order valence-electron chi connectivity index (χ2n) is 3.17. The molecular formula is C7H10O2. The van der Waals surface area contributed by atoms with E-state index in [2.05, 4.69) is 0 Å². The number of rotatable bonds is 0. The molecule has 0 aromatic carbocycles. The van der Waals surface area contributed by atoms with E-state index in [0.29, 0.717) is 18.1 Å². The molecular weight excluding hydrogens is 116 g/mol. The summed E-state index contributed by atoms with van der Waals surface area (Å²) >= 11 is 0. The molecule has 0 heterocycles. The van der Waals surface area contributed by atoms with Crippen molar-refractivity contribution in [3.05, 3.63) is 0 Å². The fourth-order valence-corrected chi connectivity index (χ4v) is 2.01. The molecule has 0 radical (unpaired) electrons. The lowest BCUT2D eigenvalue weighted by Crippen LogP contribution is -2.20. The first-order chi connectivity index (χ1) is 4.27. The predicted molar refractivity (Wildman–Crippen MR) is 31.8 cm³/mol. The van der Waals surface area contributed by atoms with Crippen LogP contribution in [0.2, 0.25) is 0 Å². The minimum absolute atomic E-state index is 0.160. The predicted octanol–water partition coefficient (Wildman–Crippen LogP) is 0.346. The highest BCUT2D eigenvalue weighted by Crippen LogP contribution is 2.41. The van der Waals surface area contributed by atoms with Crippen molar-refractivity contribution < 1.29 is 9.90 Å². The highest BCUT2D eigenvalue weighted by atomic mass is 16.3. The third-order valence-corrected chi connectivity index (χ3v) is 2.58. The lowest BCUT2D eigenvalue weighted by atomic mass is 9.97. The van der Waals surface area contributed by atoms with Crippen molar-refractivity contribution in [3.8, 4) is 0 Å². The summed E-state index contributed by atoms with van der Waals surface area (Å²) in [7, 11) is 0. The zero-order valence-corrected chi connectivity index (χ0v) is 5.21. The minimum atomic E-state index is -0.160. The summed E-state index contributed by atoms with van der Waals surface area (Å²) in [4.78, 5) is 10.9. The first kappa shape index (κ1) is 5.42. The van der Waals surface area contributed by atoms with Crippen LogP contribution in [0.1, 0.15) is 19.3 Å². The lowest BCUT2D eigenvalue weighted by molar-refractivity contribution is -0.123. The molecule has 2 fully saturated rings. The van der Waals surface area contributed by atoms with Crippen molar-refractivity contribution in [1.82, 2.24) is 0 Å². The van der Waals surface area contributed by atoms with Gasteiger partial charge in [-0.2, -0.15) is 0 Å². The Hall–Kier alpha value is -0.370. The molecule has 0 spiro atoms. The summed E-state index contributed by atoms with van der Waals surface area (Å²) in [6.45, 7) is 0. The molecule has 2 aliphatic carbocycles. The van der Waals surface area contributed by atoms with Crippen molar-refractivity contribution in [1.29, 1.82) is 0 Å². The fourth-order valence-electron chi connectivity index (χ4n) is 2.01. The summed E-state index contributed by atoms with van der Waals surface area (Å²) in [6.07, 6.45) is 2.18. The Balaban J connectivity index is 2.19. The molecule has 2 aliphatic rings. The highest BCUT2D eigenvalue weighted by Gasteiger charge is 2.44. The summed E-state index contributed by atoms with van der Waals surface area (Å²) in [6, 6.07) is 0. The zero-order chi connectivity index (χ0) is 6.43. The van der Waals surface area contributed by atoms with Gasteiger partial charge in [0.25, 0.3) is 0 Å². The summed E-state index contributed by atoms with van der Waals surface area (Å²) < 4.78 is 0. The van der Waals surface area contributed by atoms with E-state index in [1.165, 1.54) is 0 Å². The van der Waals surface area contributed by atoms with Crippen molar-refractivity contribution in [2.45, 2.75) is 25.4 Å². The molecule has 1 N–H and O–H groups in total. The van der Waals surface area contributed by atoms with Gasteiger partial charge in [0.15, 0.2) is 0 Å². The first-order valence-electron chi connectivity index (χ1n) is 3.48. The third kappa shape index (κ3) is 0.628. The van der Waals surface area contributed by atoms with Crippen LogP contribution in [0.25, 0.3) is 0 Å². The van der Waals surface area contributed by atoms with Crippen LogP contribution >= 0.6 is 0 Å². The number of ketones is 1. The van der Waals surface area contributed by atoms with Gasteiger partial charge in [0.2, 0.25) is 0 Å². The third-order valence-electron chi connectivity index (χ3n) is 2.58. The molecule has 3 atom stereocenters. The Labute approximate surface area is 53.9 Å². The minimum Gasteiger partial charge on any atom is -0.393 e. The van der Waals surface area contributed by atoms with Crippen molar-refractivity contribution in [2.75, 3.05) is 0 Å². The average molecular weight is 126 g/mol. The summed E-state index contributed by atoms with van der Waals surface area (Å²) in [5, 5.41) is 9.18. The number of fused-ring (bicyclic) bond motifs is 2. The van der Waals surface area contributed by atoms with Gasteiger partial charge in [0, 0.05) is 12.3 Å². The maximum Gasteiger partial charge on any atom is 0.136 e. The van der Waals surface area contributed by atoms with E-state index in [0.717, 1.165) is 12.8 Å². The SMILES string of the molecule is O=C1CC2CC1CC2O. The van der Waals surface area contributed by atoms with E-state index in [9.17, 15) is 9.90 Å². The van der Waals surface area contributed by atoms with Crippen LogP contribution in [-0.4, -0.2) is 17.0 Å². The number of hydrogen-bond donors (Lipinski definition) is 1. The number of Topliss-reactive ketones (excluding diaryl/α,β-unsaturated/α-hetero) is 1. The molecule has 0 aromatic rings.